The minimum absolute atomic E-state index is 1.08. The van der Waals surface area contributed by atoms with Crippen molar-refractivity contribution >= 4 is 11.9 Å². The van der Waals surface area contributed by atoms with Crippen LogP contribution < -0.4 is 0 Å². The molecule has 0 spiro atoms. The molecular weight excluding hydrogens is 364 g/mol. The summed E-state index contributed by atoms with van der Waals surface area (Å²) >= 11 is 0. The lowest BCUT2D eigenvalue weighted by Gasteiger charge is -2.44. The third-order valence-electron chi connectivity index (χ3n) is 4.13. The Labute approximate surface area is 145 Å². The van der Waals surface area contributed by atoms with Gasteiger partial charge in [0.15, 0.2) is 24.8 Å². The Hall–Kier alpha value is -1.42. The predicted molar refractivity (Wildman–Crippen MR) is 74.5 cm³/mol. The Kier molecular flexibility index (Phi) is 6.49. The summed E-state index contributed by atoms with van der Waals surface area (Å²) in [5, 5.41) is 67.2. The zero-order valence-corrected chi connectivity index (χ0v) is 13.4. The highest BCUT2D eigenvalue weighted by atomic mass is 16.8. The van der Waals surface area contributed by atoms with Crippen LogP contribution in [0, 0.1) is 0 Å². The molecule has 7 N–H and O–H groups in total. The lowest BCUT2D eigenvalue weighted by molar-refractivity contribution is -0.357. The van der Waals surface area contributed by atoms with Crippen LogP contribution in [0.25, 0.3) is 0 Å². The van der Waals surface area contributed by atoms with Gasteiger partial charge in [-0.2, -0.15) is 0 Å². The van der Waals surface area contributed by atoms with Gasteiger partial charge in [-0.1, -0.05) is 0 Å². The second-order valence-electron chi connectivity index (χ2n) is 5.82. The van der Waals surface area contributed by atoms with Crippen LogP contribution in [0.1, 0.15) is 0 Å². The molecule has 0 aliphatic carbocycles. The van der Waals surface area contributed by atoms with E-state index in [2.05, 4.69) is 0 Å². The van der Waals surface area contributed by atoms with Gasteiger partial charge >= 0.3 is 11.9 Å². The molecular formula is C13H20O13. The van der Waals surface area contributed by atoms with E-state index in [1.54, 1.807) is 0 Å². The molecule has 2 saturated heterocycles. The molecule has 0 aromatic heterocycles. The highest BCUT2D eigenvalue weighted by Gasteiger charge is 2.53. The molecule has 13 nitrogen and oxygen atoms in total. The number of hydrogen-bond acceptors (Lipinski definition) is 11. The van der Waals surface area contributed by atoms with E-state index in [0.717, 1.165) is 7.11 Å². The van der Waals surface area contributed by atoms with E-state index in [4.69, 9.17) is 29.2 Å². The second kappa shape index (κ2) is 8.08. The summed E-state index contributed by atoms with van der Waals surface area (Å²) in [5.74, 6) is -3.22. The zero-order chi connectivity index (χ0) is 19.8. The molecule has 2 aliphatic heterocycles. The Balaban J connectivity index is 2.19. The van der Waals surface area contributed by atoms with Crippen LogP contribution >= 0.6 is 0 Å². The molecule has 0 unspecified atom stereocenters. The van der Waals surface area contributed by atoms with Crippen LogP contribution in [0.15, 0.2) is 0 Å². The van der Waals surface area contributed by atoms with Gasteiger partial charge in [-0.25, -0.2) is 9.59 Å². The summed E-state index contributed by atoms with van der Waals surface area (Å²) in [4.78, 5) is 22.1. The molecule has 0 aromatic carbocycles. The maximum Gasteiger partial charge on any atom is 0.335 e. The average molecular weight is 384 g/mol. The molecule has 13 heteroatoms. The van der Waals surface area contributed by atoms with Crippen molar-refractivity contribution in [3.05, 3.63) is 0 Å². The molecule has 0 saturated carbocycles. The molecule has 0 aromatic rings. The van der Waals surface area contributed by atoms with Gasteiger partial charge in [0.1, 0.15) is 36.6 Å². The van der Waals surface area contributed by atoms with Gasteiger partial charge in [0.25, 0.3) is 0 Å². The smallest absolute Gasteiger partial charge is 0.335 e. The van der Waals surface area contributed by atoms with E-state index in [0.29, 0.717) is 0 Å². The molecule has 150 valence electrons. The quantitative estimate of drug-likeness (QED) is 0.238. The predicted octanol–water partition coefficient (Wildman–Crippen LogP) is -4.56. The van der Waals surface area contributed by atoms with E-state index in [9.17, 15) is 35.1 Å². The number of ether oxygens (including phenoxy) is 4. The molecule has 2 heterocycles. The topological polar surface area (TPSA) is 213 Å². The van der Waals surface area contributed by atoms with Gasteiger partial charge in [-0.3, -0.25) is 0 Å². The maximum absolute atomic E-state index is 11.1. The monoisotopic (exact) mass is 384 g/mol. The van der Waals surface area contributed by atoms with Crippen molar-refractivity contribution < 1.29 is 64.3 Å². The summed E-state index contributed by atoms with van der Waals surface area (Å²) < 4.78 is 19.9. The molecule has 0 bridgehead atoms. The van der Waals surface area contributed by atoms with E-state index in [1.807, 2.05) is 0 Å². The van der Waals surface area contributed by atoms with E-state index >= 15 is 0 Å². The highest BCUT2D eigenvalue weighted by molar-refractivity contribution is 5.73. The number of methoxy groups -OCH3 is 1. The fourth-order valence-electron chi connectivity index (χ4n) is 2.69. The maximum atomic E-state index is 11.1. The lowest BCUT2D eigenvalue weighted by Crippen LogP contribution is -2.65. The van der Waals surface area contributed by atoms with Gasteiger partial charge in [0.2, 0.25) is 0 Å². The fraction of sp³-hybridized carbons (Fsp3) is 0.846. The average Bonchev–Trinajstić information content (AvgIpc) is 2.58. The first-order valence-corrected chi connectivity index (χ1v) is 7.45. The van der Waals surface area contributed by atoms with Crippen molar-refractivity contribution in [2.75, 3.05) is 7.11 Å². The molecule has 2 rings (SSSR count). The summed E-state index contributed by atoms with van der Waals surface area (Å²) in [7, 11) is 1.08. The first-order chi connectivity index (χ1) is 12.1. The van der Waals surface area contributed by atoms with Crippen LogP contribution in [0.3, 0.4) is 0 Å². The number of rotatable bonds is 5. The molecule has 0 radical (unpaired) electrons. The number of aliphatic hydroxyl groups is 5. The largest absolute Gasteiger partial charge is 0.479 e. The molecule has 2 fully saturated rings. The number of carboxylic acid groups (broad SMARTS) is 2. The first-order valence-electron chi connectivity index (χ1n) is 7.45. The Morgan fingerprint density at radius 3 is 1.65 bits per heavy atom. The van der Waals surface area contributed by atoms with E-state index < -0.39 is 73.4 Å². The van der Waals surface area contributed by atoms with Gasteiger partial charge in [0, 0.05) is 7.11 Å². The lowest BCUT2D eigenvalue weighted by atomic mass is 9.97. The number of carboxylic acids is 2. The number of carbonyl (C=O) groups is 2. The Morgan fingerprint density at radius 2 is 1.19 bits per heavy atom. The minimum atomic E-state index is -1.95. The molecule has 0 amide bonds. The van der Waals surface area contributed by atoms with Crippen molar-refractivity contribution in [3.63, 3.8) is 0 Å². The van der Waals surface area contributed by atoms with Crippen molar-refractivity contribution in [3.8, 4) is 0 Å². The van der Waals surface area contributed by atoms with Crippen molar-refractivity contribution in [2.45, 2.75) is 61.4 Å². The summed E-state index contributed by atoms with van der Waals surface area (Å²) in [5.41, 5.74) is 0. The minimum Gasteiger partial charge on any atom is -0.479 e. The molecule has 2 aliphatic rings. The summed E-state index contributed by atoms with van der Waals surface area (Å²) in [6, 6.07) is 0. The van der Waals surface area contributed by atoms with Gasteiger partial charge < -0.3 is 54.7 Å². The van der Waals surface area contributed by atoms with Crippen LogP contribution in [-0.2, 0) is 28.5 Å². The SMILES string of the molecule is CO[C@H]1O[C@@H](C(=O)O)[C@@H](O)[C@@H](O)[C@H]1O[C@H]1O[C@@H](C(=O)O)[C@@H](O)[C@@H](O)[C@H]1O. The van der Waals surface area contributed by atoms with E-state index in [1.165, 1.54) is 0 Å². The Bertz CT molecular complexity index is 524. The molecule has 10 atom stereocenters. The van der Waals surface area contributed by atoms with Crippen LogP contribution in [0.5, 0.6) is 0 Å². The van der Waals surface area contributed by atoms with Gasteiger partial charge in [-0.15, -0.1) is 0 Å². The van der Waals surface area contributed by atoms with Crippen LogP contribution in [0.2, 0.25) is 0 Å². The second-order valence-corrected chi connectivity index (χ2v) is 5.82. The van der Waals surface area contributed by atoms with Crippen molar-refractivity contribution in [1.29, 1.82) is 0 Å². The summed E-state index contributed by atoms with van der Waals surface area (Å²) in [6.45, 7) is 0. The standard InChI is InChI=1S/C13H20O13/c1-23-13-9(5(17)4(16)8(25-13)11(21)22)26-12-6(18)2(14)3(15)7(24-12)10(19)20/h2-9,12-18H,1H3,(H,19,20)(H,21,22)/t2-,3+,4+,5-,6-,7-,8-,9-,12-,13+/m1/s1. The van der Waals surface area contributed by atoms with Crippen LogP contribution in [0.4, 0.5) is 0 Å². The molecule has 26 heavy (non-hydrogen) atoms. The number of hydrogen-bond donors (Lipinski definition) is 7. The highest BCUT2D eigenvalue weighted by Crippen LogP contribution is 2.29. The first kappa shape index (κ1) is 20.9. The third kappa shape index (κ3) is 3.80. The third-order valence-corrected chi connectivity index (χ3v) is 4.13. The van der Waals surface area contributed by atoms with Gasteiger partial charge in [-0.05, 0) is 0 Å². The van der Waals surface area contributed by atoms with Gasteiger partial charge in [0.05, 0.1) is 0 Å². The summed E-state index contributed by atoms with van der Waals surface area (Å²) in [6.07, 6.45) is -18.4. The van der Waals surface area contributed by atoms with E-state index in [-0.39, 0.29) is 0 Å². The van der Waals surface area contributed by atoms with Crippen molar-refractivity contribution in [1.82, 2.24) is 0 Å². The fourth-order valence-corrected chi connectivity index (χ4v) is 2.69. The Morgan fingerprint density at radius 1 is 0.731 bits per heavy atom. The number of aliphatic hydroxyl groups excluding tert-OH is 5. The van der Waals surface area contributed by atoms with Crippen LogP contribution in [-0.4, -0.2) is 116 Å². The van der Waals surface area contributed by atoms with Crippen molar-refractivity contribution in [2.24, 2.45) is 0 Å². The zero-order valence-electron chi connectivity index (χ0n) is 13.4. The normalized spacial score (nSPS) is 46.7. The number of aliphatic carboxylic acids is 2.